The summed E-state index contributed by atoms with van der Waals surface area (Å²) in [5, 5.41) is 0. The first-order valence-electron chi connectivity index (χ1n) is 8.02. The van der Waals surface area contributed by atoms with E-state index in [9.17, 15) is 9.59 Å². The molecule has 0 unspecified atom stereocenters. The number of rotatable bonds is 7. The zero-order valence-corrected chi connectivity index (χ0v) is 14.5. The number of hydrogen-bond donors (Lipinski definition) is 2. The summed E-state index contributed by atoms with van der Waals surface area (Å²) >= 11 is 0. The first kappa shape index (κ1) is 18.4. The van der Waals surface area contributed by atoms with Gasteiger partial charge in [-0.25, -0.2) is 0 Å². The molecule has 0 aliphatic rings. The highest BCUT2D eigenvalue weighted by Crippen LogP contribution is 2.28. The summed E-state index contributed by atoms with van der Waals surface area (Å²) in [6.45, 7) is 4.32. The molecule has 0 radical (unpaired) electrons. The van der Waals surface area contributed by atoms with Crippen molar-refractivity contribution in [2.75, 3.05) is 13.7 Å². The zero-order chi connectivity index (χ0) is 18.2. The van der Waals surface area contributed by atoms with E-state index >= 15 is 0 Å². The normalized spacial score (nSPS) is 10.2. The summed E-state index contributed by atoms with van der Waals surface area (Å²) in [4.78, 5) is 24.2. The van der Waals surface area contributed by atoms with Gasteiger partial charge in [0.15, 0.2) is 11.5 Å². The summed E-state index contributed by atoms with van der Waals surface area (Å²) in [5.41, 5.74) is 5.40. The molecule has 2 amide bonds. The number of ether oxygens (including phenoxy) is 2. The molecule has 0 saturated heterocycles. The average Bonchev–Trinajstić information content (AvgIpc) is 3.05. The van der Waals surface area contributed by atoms with Crippen LogP contribution in [0.25, 0.3) is 0 Å². The van der Waals surface area contributed by atoms with Gasteiger partial charge in [-0.15, -0.1) is 0 Å². The van der Waals surface area contributed by atoms with E-state index in [-0.39, 0.29) is 0 Å². The minimum Gasteiger partial charge on any atom is -0.493 e. The maximum atomic E-state index is 12.2. The third kappa shape index (κ3) is 4.76. The minimum absolute atomic E-state index is 0.337. The standard InChI is InChI=1S/C18H22N2O5/c1-4-5-9-25-15-7-6-13(11-16(15)23-3)17(21)19-20-18(22)14-8-10-24-12(14)2/h6-8,10-11H,4-5,9H2,1-3H3,(H,19,21)(H,20,22). The predicted octanol–water partition coefficient (Wildman–Crippen LogP) is 2.85. The number of carbonyl (C=O) groups excluding carboxylic acids is 2. The van der Waals surface area contributed by atoms with Crippen molar-refractivity contribution in [2.45, 2.75) is 26.7 Å². The van der Waals surface area contributed by atoms with Crippen molar-refractivity contribution in [3.63, 3.8) is 0 Å². The Labute approximate surface area is 146 Å². The molecular formula is C18H22N2O5. The van der Waals surface area contributed by atoms with Gasteiger partial charge in [-0.1, -0.05) is 13.3 Å². The van der Waals surface area contributed by atoms with E-state index in [0.29, 0.717) is 35.0 Å². The minimum atomic E-state index is -0.465. The Kier molecular flexibility index (Phi) is 6.45. The Hall–Kier alpha value is -2.96. The monoisotopic (exact) mass is 346 g/mol. The Bertz CT molecular complexity index is 739. The second kappa shape index (κ2) is 8.77. The molecule has 0 aliphatic carbocycles. The van der Waals surface area contributed by atoms with Gasteiger partial charge < -0.3 is 13.9 Å². The summed E-state index contributed by atoms with van der Waals surface area (Å²) in [5.74, 6) is 0.590. The van der Waals surface area contributed by atoms with E-state index in [0.717, 1.165) is 12.8 Å². The molecule has 2 aromatic rings. The van der Waals surface area contributed by atoms with E-state index in [1.54, 1.807) is 25.1 Å². The van der Waals surface area contributed by atoms with E-state index in [2.05, 4.69) is 17.8 Å². The SMILES string of the molecule is CCCCOc1ccc(C(=O)NNC(=O)c2ccoc2C)cc1OC. The molecule has 1 aromatic carbocycles. The van der Waals surface area contributed by atoms with Crippen molar-refractivity contribution in [3.8, 4) is 11.5 Å². The van der Waals surface area contributed by atoms with Gasteiger partial charge in [0.2, 0.25) is 0 Å². The second-order valence-corrected chi connectivity index (χ2v) is 5.37. The molecule has 134 valence electrons. The number of furan rings is 1. The highest BCUT2D eigenvalue weighted by Gasteiger charge is 2.14. The second-order valence-electron chi connectivity index (χ2n) is 5.37. The van der Waals surface area contributed by atoms with E-state index in [4.69, 9.17) is 13.9 Å². The van der Waals surface area contributed by atoms with Crippen molar-refractivity contribution in [3.05, 3.63) is 47.4 Å². The summed E-state index contributed by atoms with van der Waals surface area (Å²) in [6, 6.07) is 6.37. The highest BCUT2D eigenvalue weighted by molar-refractivity contribution is 5.99. The zero-order valence-electron chi connectivity index (χ0n) is 14.5. The molecule has 0 fully saturated rings. The van der Waals surface area contributed by atoms with Crippen LogP contribution in [0.2, 0.25) is 0 Å². The molecular weight excluding hydrogens is 324 g/mol. The van der Waals surface area contributed by atoms with Gasteiger partial charge in [-0.2, -0.15) is 0 Å². The van der Waals surface area contributed by atoms with E-state index < -0.39 is 11.8 Å². The van der Waals surface area contributed by atoms with Gasteiger partial charge in [0, 0.05) is 5.56 Å². The van der Waals surface area contributed by atoms with Crippen LogP contribution in [-0.2, 0) is 0 Å². The van der Waals surface area contributed by atoms with Crippen molar-refractivity contribution < 1.29 is 23.5 Å². The first-order chi connectivity index (χ1) is 12.1. The lowest BCUT2D eigenvalue weighted by Gasteiger charge is -2.12. The smallest absolute Gasteiger partial charge is 0.273 e. The molecule has 0 aliphatic heterocycles. The number of methoxy groups -OCH3 is 1. The van der Waals surface area contributed by atoms with E-state index in [1.165, 1.54) is 19.4 Å². The Balaban J connectivity index is 1.99. The number of hydrogen-bond acceptors (Lipinski definition) is 5. The Morgan fingerprint density at radius 1 is 1.12 bits per heavy atom. The predicted molar refractivity (Wildman–Crippen MR) is 91.8 cm³/mol. The molecule has 1 heterocycles. The van der Waals surface area contributed by atoms with Crippen LogP contribution >= 0.6 is 0 Å². The van der Waals surface area contributed by atoms with Crippen molar-refractivity contribution in [1.29, 1.82) is 0 Å². The number of nitrogens with one attached hydrogen (secondary N) is 2. The number of hydrazine groups is 1. The van der Waals surface area contributed by atoms with E-state index in [1.807, 2.05) is 0 Å². The lowest BCUT2D eigenvalue weighted by atomic mass is 10.2. The largest absolute Gasteiger partial charge is 0.493 e. The molecule has 25 heavy (non-hydrogen) atoms. The van der Waals surface area contributed by atoms with Crippen LogP contribution in [-0.4, -0.2) is 25.5 Å². The maximum absolute atomic E-state index is 12.2. The molecule has 7 heteroatoms. The lowest BCUT2D eigenvalue weighted by Crippen LogP contribution is -2.41. The van der Waals surface area contributed by atoms with Crippen LogP contribution < -0.4 is 20.3 Å². The molecule has 0 bridgehead atoms. The number of amides is 2. The third-order valence-corrected chi connectivity index (χ3v) is 3.57. The Morgan fingerprint density at radius 3 is 2.52 bits per heavy atom. The molecule has 7 nitrogen and oxygen atoms in total. The average molecular weight is 346 g/mol. The van der Waals surface area contributed by atoms with Gasteiger partial charge in [0.05, 0.1) is 25.5 Å². The van der Waals surface area contributed by atoms with Gasteiger partial charge in [0.1, 0.15) is 5.76 Å². The van der Waals surface area contributed by atoms with Crippen molar-refractivity contribution >= 4 is 11.8 Å². The maximum Gasteiger partial charge on any atom is 0.273 e. The fourth-order valence-corrected chi connectivity index (χ4v) is 2.13. The quantitative estimate of drug-likeness (QED) is 0.594. The van der Waals surface area contributed by atoms with Crippen LogP contribution in [0.4, 0.5) is 0 Å². The topological polar surface area (TPSA) is 89.8 Å². The number of unbranched alkanes of at least 4 members (excludes halogenated alkanes) is 1. The summed E-state index contributed by atoms with van der Waals surface area (Å²) < 4.78 is 15.9. The van der Waals surface area contributed by atoms with Crippen molar-refractivity contribution in [1.82, 2.24) is 10.9 Å². The van der Waals surface area contributed by atoms with Crippen LogP contribution in [0, 0.1) is 6.92 Å². The highest BCUT2D eigenvalue weighted by atomic mass is 16.5. The van der Waals surface area contributed by atoms with Gasteiger partial charge in [-0.3, -0.25) is 20.4 Å². The van der Waals surface area contributed by atoms with Crippen LogP contribution in [0.1, 0.15) is 46.2 Å². The first-order valence-corrected chi connectivity index (χ1v) is 8.02. The van der Waals surface area contributed by atoms with Crippen molar-refractivity contribution in [2.24, 2.45) is 0 Å². The summed E-state index contributed by atoms with van der Waals surface area (Å²) in [7, 11) is 1.51. The number of benzene rings is 1. The lowest BCUT2D eigenvalue weighted by molar-refractivity contribution is 0.0845. The molecule has 2 rings (SSSR count). The Morgan fingerprint density at radius 2 is 1.88 bits per heavy atom. The molecule has 0 atom stereocenters. The molecule has 2 N–H and O–H groups in total. The van der Waals surface area contributed by atoms with Gasteiger partial charge >= 0.3 is 0 Å². The fourth-order valence-electron chi connectivity index (χ4n) is 2.13. The van der Waals surface area contributed by atoms with Gasteiger partial charge in [-0.05, 0) is 37.6 Å². The van der Waals surface area contributed by atoms with Gasteiger partial charge in [0.25, 0.3) is 11.8 Å². The summed E-state index contributed by atoms with van der Waals surface area (Å²) in [6.07, 6.45) is 3.37. The molecule has 0 saturated carbocycles. The molecule has 0 spiro atoms. The van der Waals surface area contributed by atoms with Crippen LogP contribution in [0.3, 0.4) is 0 Å². The van der Waals surface area contributed by atoms with Crippen LogP contribution in [0.15, 0.2) is 34.9 Å². The molecule has 1 aromatic heterocycles. The number of carbonyl (C=O) groups is 2. The third-order valence-electron chi connectivity index (χ3n) is 3.57. The number of aryl methyl sites for hydroxylation is 1. The fraction of sp³-hybridized carbons (Fsp3) is 0.333. The van der Waals surface area contributed by atoms with Crippen LogP contribution in [0.5, 0.6) is 11.5 Å².